The van der Waals surface area contributed by atoms with Gasteiger partial charge in [-0.15, -0.1) is 0 Å². The Morgan fingerprint density at radius 2 is 1.90 bits per heavy atom. The molecule has 0 aliphatic rings. The van der Waals surface area contributed by atoms with E-state index < -0.39 is 0 Å². The molecule has 0 fully saturated rings. The number of aromatic nitrogens is 3. The van der Waals surface area contributed by atoms with Crippen LogP contribution in [0.3, 0.4) is 0 Å². The predicted octanol–water partition coefficient (Wildman–Crippen LogP) is 4.48. The highest BCUT2D eigenvalue weighted by atomic mass is 35.5. The number of halogens is 1. The zero-order valence-electron chi connectivity index (χ0n) is 11.5. The second-order valence-corrected chi connectivity index (χ2v) is 5.70. The smallest absolute Gasteiger partial charge is 0.156 e. The van der Waals surface area contributed by atoms with Crippen molar-refractivity contribution in [2.45, 2.75) is 20.3 Å². The van der Waals surface area contributed by atoms with E-state index in [4.69, 9.17) is 11.6 Å². The highest BCUT2D eigenvalue weighted by molar-refractivity contribution is 6.33. The molecule has 3 aromatic rings. The summed E-state index contributed by atoms with van der Waals surface area (Å²) in [4.78, 5) is 12.3. The third-order valence-corrected chi connectivity index (χ3v) is 3.43. The van der Waals surface area contributed by atoms with Gasteiger partial charge in [0.25, 0.3) is 0 Å². The number of hydrogen-bond donors (Lipinski definition) is 1. The van der Waals surface area contributed by atoms with Crippen LogP contribution in [-0.2, 0) is 6.42 Å². The summed E-state index contributed by atoms with van der Waals surface area (Å²) in [6.07, 6.45) is 0.835. The average molecular weight is 286 g/mol. The van der Waals surface area contributed by atoms with E-state index in [0.29, 0.717) is 11.1 Å². The van der Waals surface area contributed by atoms with Gasteiger partial charge in [0.15, 0.2) is 5.15 Å². The average Bonchev–Trinajstić information content (AvgIpc) is 2.83. The van der Waals surface area contributed by atoms with Crippen LogP contribution in [0.2, 0.25) is 5.15 Å². The molecule has 1 N–H and O–H groups in total. The monoisotopic (exact) mass is 285 g/mol. The van der Waals surface area contributed by atoms with E-state index in [1.807, 2.05) is 24.3 Å². The van der Waals surface area contributed by atoms with Crippen LogP contribution < -0.4 is 0 Å². The lowest BCUT2D eigenvalue weighted by Crippen LogP contribution is -2.00. The van der Waals surface area contributed by atoms with E-state index >= 15 is 0 Å². The van der Waals surface area contributed by atoms with Gasteiger partial charge in [-0.05, 0) is 17.5 Å². The van der Waals surface area contributed by atoms with E-state index in [1.54, 1.807) is 0 Å². The Hall–Kier alpha value is -1.87. The van der Waals surface area contributed by atoms with Gasteiger partial charge in [-0.3, -0.25) is 0 Å². The van der Waals surface area contributed by atoms with Gasteiger partial charge in [-0.1, -0.05) is 55.8 Å². The topological polar surface area (TPSA) is 41.6 Å². The minimum Gasteiger partial charge on any atom is -0.351 e. The lowest BCUT2D eigenvalue weighted by atomic mass is 10.1. The fourth-order valence-corrected chi connectivity index (χ4v) is 2.49. The molecule has 0 spiro atoms. The second-order valence-electron chi connectivity index (χ2n) is 5.34. The number of benzene rings is 1. The van der Waals surface area contributed by atoms with Crippen molar-refractivity contribution in [3.05, 3.63) is 47.4 Å². The Balaban J connectivity index is 2.09. The van der Waals surface area contributed by atoms with Gasteiger partial charge in [0.05, 0.1) is 5.52 Å². The molecule has 0 bridgehead atoms. The van der Waals surface area contributed by atoms with Crippen molar-refractivity contribution in [1.29, 1.82) is 0 Å². The molecule has 0 saturated heterocycles. The summed E-state index contributed by atoms with van der Waals surface area (Å²) in [5.74, 6) is 1.31. The molecule has 0 aliphatic carbocycles. The summed E-state index contributed by atoms with van der Waals surface area (Å²) in [6.45, 7) is 4.29. The maximum absolute atomic E-state index is 6.26. The van der Waals surface area contributed by atoms with Crippen molar-refractivity contribution in [2.24, 2.45) is 5.92 Å². The van der Waals surface area contributed by atoms with E-state index in [9.17, 15) is 0 Å². The molecular weight excluding hydrogens is 270 g/mol. The van der Waals surface area contributed by atoms with E-state index in [-0.39, 0.29) is 0 Å². The van der Waals surface area contributed by atoms with Crippen LogP contribution in [0, 0.1) is 5.92 Å². The summed E-state index contributed by atoms with van der Waals surface area (Å²) in [5.41, 5.74) is 3.81. The summed E-state index contributed by atoms with van der Waals surface area (Å²) >= 11 is 6.26. The van der Waals surface area contributed by atoms with Crippen LogP contribution in [0.1, 0.15) is 19.7 Å². The number of H-pyrrole nitrogens is 1. The largest absolute Gasteiger partial charge is 0.351 e. The molecule has 20 heavy (non-hydrogen) atoms. The standard InChI is InChI=1S/C16H16ClN3/c1-10(2)8-14-18-13-9-12(11-6-4-3-5-7-11)19-15(13)16(17)20-14/h3-7,9-10,19H,8H2,1-2H3. The SMILES string of the molecule is CC(C)Cc1nc(Cl)c2[nH]c(-c3ccccc3)cc2n1. The predicted molar refractivity (Wildman–Crippen MR) is 82.9 cm³/mol. The molecule has 0 radical (unpaired) electrons. The zero-order valence-corrected chi connectivity index (χ0v) is 12.3. The van der Waals surface area contributed by atoms with Crippen LogP contribution in [0.15, 0.2) is 36.4 Å². The molecule has 3 rings (SSSR count). The van der Waals surface area contributed by atoms with Crippen LogP contribution in [0.4, 0.5) is 0 Å². The Kier molecular flexibility index (Phi) is 3.45. The maximum Gasteiger partial charge on any atom is 0.156 e. The van der Waals surface area contributed by atoms with Gasteiger partial charge < -0.3 is 4.98 Å². The molecule has 2 heterocycles. The Bertz CT molecular complexity index is 732. The van der Waals surface area contributed by atoms with E-state index in [2.05, 4.69) is 40.9 Å². The lowest BCUT2D eigenvalue weighted by Gasteiger charge is -2.03. The third-order valence-electron chi connectivity index (χ3n) is 3.16. The Morgan fingerprint density at radius 3 is 2.60 bits per heavy atom. The first-order valence-corrected chi connectivity index (χ1v) is 7.12. The van der Waals surface area contributed by atoms with Crippen LogP contribution >= 0.6 is 11.6 Å². The van der Waals surface area contributed by atoms with Gasteiger partial charge in [0.1, 0.15) is 11.3 Å². The van der Waals surface area contributed by atoms with Gasteiger partial charge in [0, 0.05) is 12.1 Å². The molecular formula is C16H16ClN3. The van der Waals surface area contributed by atoms with Gasteiger partial charge in [0.2, 0.25) is 0 Å². The minimum atomic E-state index is 0.493. The summed E-state index contributed by atoms with van der Waals surface area (Å²) in [7, 11) is 0. The van der Waals surface area contributed by atoms with E-state index in [1.165, 1.54) is 0 Å². The molecule has 0 unspecified atom stereocenters. The molecule has 3 nitrogen and oxygen atoms in total. The molecule has 4 heteroatoms. The van der Waals surface area contributed by atoms with Crippen molar-refractivity contribution in [3.8, 4) is 11.3 Å². The third kappa shape index (κ3) is 2.54. The summed E-state index contributed by atoms with van der Waals surface area (Å²) < 4.78 is 0. The summed E-state index contributed by atoms with van der Waals surface area (Å²) in [6, 6.07) is 12.2. The molecule has 0 saturated carbocycles. The molecule has 0 atom stereocenters. The first-order valence-electron chi connectivity index (χ1n) is 6.74. The number of aromatic amines is 1. The highest BCUT2D eigenvalue weighted by Crippen LogP contribution is 2.26. The number of fused-ring (bicyclic) bond motifs is 1. The first-order chi connectivity index (χ1) is 9.63. The zero-order chi connectivity index (χ0) is 14.1. The van der Waals surface area contributed by atoms with Crippen LogP contribution in [0.25, 0.3) is 22.3 Å². The number of rotatable bonds is 3. The Morgan fingerprint density at radius 1 is 1.15 bits per heavy atom. The lowest BCUT2D eigenvalue weighted by molar-refractivity contribution is 0.623. The highest BCUT2D eigenvalue weighted by Gasteiger charge is 2.11. The summed E-state index contributed by atoms with van der Waals surface area (Å²) in [5, 5.41) is 0.493. The molecule has 0 aliphatic heterocycles. The molecule has 102 valence electrons. The Labute approximate surface area is 123 Å². The number of nitrogens with one attached hydrogen (secondary N) is 1. The van der Waals surface area contributed by atoms with E-state index in [0.717, 1.165) is 34.5 Å². The number of hydrogen-bond acceptors (Lipinski definition) is 2. The quantitative estimate of drug-likeness (QED) is 0.721. The van der Waals surface area contributed by atoms with Crippen molar-refractivity contribution in [2.75, 3.05) is 0 Å². The van der Waals surface area contributed by atoms with Gasteiger partial charge in [-0.25, -0.2) is 9.97 Å². The minimum absolute atomic E-state index is 0.493. The second kappa shape index (κ2) is 5.25. The molecule has 1 aromatic carbocycles. The van der Waals surface area contributed by atoms with Crippen molar-refractivity contribution in [1.82, 2.24) is 15.0 Å². The first kappa shape index (κ1) is 13.1. The van der Waals surface area contributed by atoms with Gasteiger partial charge in [-0.2, -0.15) is 0 Å². The number of nitrogens with zero attached hydrogens (tertiary/aromatic N) is 2. The van der Waals surface area contributed by atoms with Crippen molar-refractivity contribution >= 4 is 22.6 Å². The fraction of sp³-hybridized carbons (Fsp3) is 0.250. The van der Waals surface area contributed by atoms with Crippen molar-refractivity contribution in [3.63, 3.8) is 0 Å². The van der Waals surface area contributed by atoms with Crippen molar-refractivity contribution < 1.29 is 0 Å². The van der Waals surface area contributed by atoms with Crippen LogP contribution in [-0.4, -0.2) is 15.0 Å². The molecule has 2 aromatic heterocycles. The fourth-order valence-electron chi connectivity index (χ4n) is 2.25. The maximum atomic E-state index is 6.26. The normalized spacial score (nSPS) is 11.4. The molecule has 0 amide bonds. The van der Waals surface area contributed by atoms with Gasteiger partial charge >= 0.3 is 0 Å². The van der Waals surface area contributed by atoms with Crippen LogP contribution in [0.5, 0.6) is 0 Å².